The van der Waals surface area contributed by atoms with Crippen molar-refractivity contribution >= 4 is 23.2 Å². The molecule has 2 aromatic carbocycles. The molecular weight excluding hydrogens is 408 g/mol. The van der Waals surface area contributed by atoms with Crippen molar-refractivity contribution in [3.05, 3.63) is 71.8 Å². The van der Waals surface area contributed by atoms with Crippen LogP contribution < -0.4 is 5.32 Å². The van der Waals surface area contributed by atoms with Crippen molar-refractivity contribution in [1.29, 1.82) is 0 Å². The summed E-state index contributed by atoms with van der Waals surface area (Å²) < 4.78 is 5.34. The van der Waals surface area contributed by atoms with Gasteiger partial charge in [0, 0.05) is 39.3 Å². The highest BCUT2D eigenvalue weighted by Crippen LogP contribution is 2.22. The molecule has 164 valence electrons. The van der Waals surface area contributed by atoms with E-state index in [1.54, 1.807) is 0 Å². The Morgan fingerprint density at radius 2 is 1.39 bits per heavy atom. The standard InChI is InChI=1S/C24H30N4O2S/c29-22(27-15-17-30-18-16-27)19-26-11-13-28(14-12-26)24(31)25-23(20-7-3-1-4-8-20)21-9-5-2-6-10-21/h1-10,23H,11-19H2,(H,25,31). The van der Waals surface area contributed by atoms with Crippen LogP contribution in [0.2, 0.25) is 0 Å². The Morgan fingerprint density at radius 3 is 1.94 bits per heavy atom. The molecule has 1 N–H and O–H groups in total. The molecule has 2 fully saturated rings. The normalized spacial score (nSPS) is 17.6. The minimum Gasteiger partial charge on any atom is -0.378 e. The van der Waals surface area contributed by atoms with E-state index in [-0.39, 0.29) is 11.9 Å². The molecule has 0 aliphatic carbocycles. The zero-order chi connectivity index (χ0) is 21.5. The van der Waals surface area contributed by atoms with Gasteiger partial charge in [0.05, 0.1) is 25.8 Å². The van der Waals surface area contributed by atoms with Crippen LogP contribution in [0.4, 0.5) is 0 Å². The van der Waals surface area contributed by atoms with Crippen molar-refractivity contribution < 1.29 is 9.53 Å². The van der Waals surface area contributed by atoms with Gasteiger partial charge in [0.1, 0.15) is 0 Å². The van der Waals surface area contributed by atoms with E-state index in [1.165, 1.54) is 11.1 Å². The predicted molar refractivity (Wildman–Crippen MR) is 126 cm³/mol. The molecule has 7 heteroatoms. The Morgan fingerprint density at radius 1 is 0.839 bits per heavy atom. The molecule has 1 amide bonds. The number of nitrogens with zero attached hydrogens (tertiary/aromatic N) is 3. The number of hydrogen-bond donors (Lipinski definition) is 1. The number of carbonyl (C=O) groups is 1. The molecule has 0 aromatic heterocycles. The summed E-state index contributed by atoms with van der Waals surface area (Å²) in [6.07, 6.45) is 0. The van der Waals surface area contributed by atoms with E-state index >= 15 is 0 Å². The van der Waals surface area contributed by atoms with Gasteiger partial charge in [-0.05, 0) is 23.3 Å². The maximum Gasteiger partial charge on any atom is 0.236 e. The SMILES string of the molecule is O=C(CN1CCN(C(=S)NC(c2ccccc2)c2ccccc2)CC1)N1CCOCC1. The largest absolute Gasteiger partial charge is 0.378 e. The lowest BCUT2D eigenvalue weighted by atomic mass is 9.99. The third-order valence-corrected chi connectivity index (χ3v) is 6.29. The van der Waals surface area contributed by atoms with E-state index in [0.29, 0.717) is 32.8 Å². The smallest absolute Gasteiger partial charge is 0.236 e. The predicted octanol–water partition coefficient (Wildman–Crippen LogP) is 2.13. The number of benzene rings is 2. The lowest BCUT2D eigenvalue weighted by molar-refractivity contribution is -0.136. The molecule has 0 atom stereocenters. The maximum absolute atomic E-state index is 12.5. The van der Waals surface area contributed by atoms with Crippen LogP contribution in [0.15, 0.2) is 60.7 Å². The topological polar surface area (TPSA) is 48.1 Å². The highest BCUT2D eigenvalue weighted by Gasteiger charge is 2.25. The van der Waals surface area contributed by atoms with Gasteiger partial charge in [0.15, 0.2) is 5.11 Å². The van der Waals surface area contributed by atoms with Gasteiger partial charge in [-0.25, -0.2) is 0 Å². The minimum atomic E-state index is 0.0100. The number of ether oxygens (including phenoxy) is 1. The molecule has 2 aliphatic rings. The number of hydrogen-bond acceptors (Lipinski definition) is 4. The lowest BCUT2D eigenvalue weighted by Gasteiger charge is -2.38. The van der Waals surface area contributed by atoms with E-state index in [9.17, 15) is 4.79 Å². The van der Waals surface area contributed by atoms with Crippen molar-refractivity contribution in [1.82, 2.24) is 20.0 Å². The number of carbonyl (C=O) groups excluding carboxylic acids is 1. The first-order valence-electron chi connectivity index (χ1n) is 10.9. The van der Waals surface area contributed by atoms with Crippen molar-refractivity contribution in [2.45, 2.75) is 6.04 Å². The van der Waals surface area contributed by atoms with Gasteiger partial charge in [-0.3, -0.25) is 9.69 Å². The summed E-state index contributed by atoms with van der Waals surface area (Å²) in [5.74, 6) is 0.200. The fraction of sp³-hybridized carbons (Fsp3) is 0.417. The molecular formula is C24H30N4O2S. The molecule has 0 radical (unpaired) electrons. The van der Waals surface area contributed by atoms with Crippen LogP contribution in [-0.4, -0.2) is 84.7 Å². The van der Waals surface area contributed by atoms with Gasteiger partial charge >= 0.3 is 0 Å². The van der Waals surface area contributed by atoms with Crippen molar-refractivity contribution in [3.8, 4) is 0 Å². The number of piperazine rings is 1. The van der Waals surface area contributed by atoms with Crippen LogP contribution in [0.1, 0.15) is 17.2 Å². The van der Waals surface area contributed by atoms with Crippen molar-refractivity contribution in [2.75, 3.05) is 59.0 Å². The van der Waals surface area contributed by atoms with Gasteiger partial charge in [0.25, 0.3) is 0 Å². The average Bonchev–Trinajstić information content (AvgIpc) is 2.84. The Labute approximate surface area is 189 Å². The minimum absolute atomic E-state index is 0.0100. The van der Waals surface area contributed by atoms with E-state index in [1.807, 2.05) is 17.0 Å². The number of amides is 1. The molecule has 2 saturated heterocycles. The van der Waals surface area contributed by atoms with Crippen LogP contribution in [0.3, 0.4) is 0 Å². The van der Waals surface area contributed by atoms with E-state index in [2.05, 4.69) is 63.6 Å². The second-order valence-electron chi connectivity index (χ2n) is 7.96. The summed E-state index contributed by atoms with van der Waals surface area (Å²) >= 11 is 5.79. The van der Waals surface area contributed by atoms with Crippen LogP contribution in [-0.2, 0) is 9.53 Å². The molecule has 0 spiro atoms. The second kappa shape index (κ2) is 10.7. The van der Waals surface area contributed by atoms with E-state index in [4.69, 9.17) is 17.0 Å². The zero-order valence-electron chi connectivity index (χ0n) is 17.8. The summed E-state index contributed by atoms with van der Waals surface area (Å²) in [4.78, 5) is 18.9. The van der Waals surface area contributed by atoms with Crippen molar-refractivity contribution in [2.24, 2.45) is 0 Å². The molecule has 2 heterocycles. The van der Waals surface area contributed by atoms with Gasteiger partial charge < -0.3 is 19.9 Å². The van der Waals surface area contributed by atoms with Crippen LogP contribution in [0, 0.1) is 0 Å². The Bertz CT molecular complexity index is 811. The molecule has 6 nitrogen and oxygen atoms in total. The first-order valence-corrected chi connectivity index (χ1v) is 11.3. The van der Waals surface area contributed by atoms with Gasteiger partial charge in [0.2, 0.25) is 5.91 Å². The molecule has 0 bridgehead atoms. The fourth-order valence-corrected chi connectivity index (χ4v) is 4.38. The first-order chi connectivity index (χ1) is 15.2. The number of nitrogens with one attached hydrogen (secondary N) is 1. The lowest BCUT2D eigenvalue weighted by Crippen LogP contribution is -2.54. The molecule has 0 unspecified atom stereocenters. The highest BCUT2D eigenvalue weighted by molar-refractivity contribution is 7.80. The summed E-state index contributed by atoms with van der Waals surface area (Å²) in [6, 6.07) is 20.8. The zero-order valence-corrected chi connectivity index (χ0v) is 18.6. The molecule has 2 aliphatic heterocycles. The summed E-state index contributed by atoms with van der Waals surface area (Å²) in [5.41, 5.74) is 2.37. The molecule has 2 aromatic rings. The summed E-state index contributed by atoms with van der Waals surface area (Å²) in [7, 11) is 0. The Balaban J connectivity index is 1.32. The van der Waals surface area contributed by atoms with E-state index in [0.717, 1.165) is 31.3 Å². The number of morpholine rings is 1. The van der Waals surface area contributed by atoms with Gasteiger partial charge in [-0.1, -0.05) is 60.7 Å². The summed E-state index contributed by atoms with van der Waals surface area (Å²) in [6.45, 7) is 6.47. The van der Waals surface area contributed by atoms with Gasteiger partial charge in [-0.2, -0.15) is 0 Å². The number of rotatable bonds is 5. The van der Waals surface area contributed by atoms with Crippen LogP contribution >= 0.6 is 12.2 Å². The quantitative estimate of drug-likeness (QED) is 0.722. The van der Waals surface area contributed by atoms with Crippen molar-refractivity contribution in [3.63, 3.8) is 0 Å². The molecule has 31 heavy (non-hydrogen) atoms. The number of thiocarbonyl (C=S) groups is 1. The molecule has 0 saturated carbocycles. The molecule has 4 rings (SSSR count). The van der Waals surface area contributed by atoms with Crippen LogP contribution in [0.5, 0.6) is 0 Å². The monoisotopic (exact) mass is 438 g/mol. The highest BCUT2D eigenvalue weighted by atomic mass is 32.1. The second-order valence-corrected chi connectivity index (χ2v) is 8.35. The van der Waals surface area contributed by atoms with Gasteiger partial charge in [-0.15, -0.1) is 0 Å². The fourth-order valence-electron chi connectivity index (χ4n) is 4.08. The van der Waals surface area contributed by atoms with E-state index < -0.39 is 0 Å². The average molecular weight is 439 g/mol. The Kier molecular flexibility index (Phi) is 7.51. The van der Waals surface area contributed by atoms with Crippen LogP contribution in [0.25, 0.3) is 0 Å². The Hall–Kier alpha value is -2.48. The summed E-state index contributed by atoms with van der Waals surface area (Å²) in [5, 5.41) is 4.34. The maximum atomic E-state index is 12.5. The first kappa shape index (κ1) is 21.7. The third kappa shape index (κ3) is 5.81. The third-order valence-electron chi connectivity index (χ3n) is 5.92.